The summed E-state index contributed by atoms with van der Waals surface area (Å²) in [6.07, 6.45) is 1.72. The molecule has 0 saturated heterocycles. The highest BCUT2D eigenvalue weighted by atomic mass is 79.9. The fourth-order valence-corrected chi connectivity index (χ4v) is 1.78. The molecule has 5 heteroatoms. The minimum absolute atomic E-state index is 0.201. The van der Waals surface area contributed by atoms with Gasteiger partial charge >= 0.3 is 0 Å². The number of fused-ring (bicyclic) bond motifs is 1. The van der Waals surface area contributed by atoms with Gasteiger partial charge in [-0.3, -0.25) is 9.20 Å². The van der Waals surface area contributed by atoms with Crippen molar-refractivity contribution in [3.63, 3.8) is 0 Å². The van der Waals surface area contributed by atoms with Crippen LogP contribution in [0.25, 0.3) is 5.65 Å². The standard InChI is InChI=1S/C10H9BrN2O2/c1-6-2-3-8-12-7(5-14)9(11)10(15)13(8)4-6/h2-4,14H,5H2,1H3. The minimum Gasteiger partial charge on any atom is -0.390 e. The Bertz CT molecular complexity index is 577. The van der Waals surface area contributed by atoms with Gasteiger partial charge in [0.05, 0.1) is 12.3 Å². The second-order valence-corrected chi connectivity index (χ2v) is 4.06. The summed E-state index contributed by atoms with van der Waals surface area (Å²) in [6, 6.07) is 3.62. The van der Waals surface area contributed by atoms with Gasteiger partial charge in [-0.05, 0) is 34.5 Å². The lowest BCUT2D eigenvalue weighted by atomic mass is 10.3. The molecule has 0 radical (unpaired) electrons. The van der Waals surface area contributed by atoms with Crippen molar-refractivity contribution in [1.29, 1.82) is 0 Å². The quantitative estimate of drug-likeness (QED) is 0.847. The largest absolute Gasteiger partial charge is 0.390 e. The first-order valence-electron chi connectivity index (χ1n) is 4.41. The Kier molecular flexibility index (Phi) is 2.58. The predicted molar refractivity (Wildman–Crippen MR) is 59.8 cm³/mol. The zero-order valence-electron chi connectivity index (χ0n) is 8.07. The molecule has 0 atom stereocenters. The lowest BCUT2D eigenvalue weighted by Crippen LogP contribution is -2.18. The molecule has 0 unspecified atom stereocenters. The van der Waals surface area contributed by atoms with Crippen LogP contribution in [0.4, 0.5) is 0 Å². The molecular formula is C10H9BrN2O2. The van der Waals surface area contributed by atoms with Crippen molar-refractivity contribution in [3.05, 3.63) is 44.4 Å². The fraction of sp³-hybridized carbons (Fsp3) is 0.200. The zero-order chi connectivity index (χ0) is 11.0. The van der Waals surface area contributed by atoms with Crippen molar-refractivity contribution in [2.24, 2.45) is 0 Å². The molecule has 2 rings (SSSR count). The molecule has 0 bridgehead atoms. The number of halogens is 1. The van der Waals surface area contributed by atoms with E-state index in [0.29, 0.717) is 15.8 Å². The van der Waals surface area contributed by atoms with Crippen molar-refractivity contribution in [3.8, 4) is 0 Å². The van der Waals surface area contributed by atoms with Crippen LogP contribution >= 0.6 is 15.9 Å². The van der Waals surface area contributed by atoms with Crippen LogP contribution in [0.15, 0.2) is 27.6 Å². The Balaban J connectivity index is 2.91. The van der Waals surface area contributed by atoms with Crippen molar-refractivity contribution in [2.45, 2.75) is 13.5 Å². The number of hydrogen-bond acceptors (Lipinski definition) is 3. The van der Waals surface area contributed by atoms with E-state index in [1.165, 1.54) is 4.40 Å². The summed E-state index contributed by atoms with van der Waals surface area (Å²) in [7, 11) is 0. The van der Waals surface area contributed by atoms with Crippen LogP contribution in [-0.2, 0) is 6.61 Å². The Labute approximate surface area is 94.3 Å². The molecule has 0 aromatic carbocycles. The topological polar surface area (TPSA) is 54.6 Å². The highest BCUT2D eigenvalue weighted by molar-refractivity contribution is 9.10. The maximum Gasteiger partial charge on any atom is 0.272 e. The molecule has 78 valence electrons. The number of hydrogen-bond donors (Lipinski definition) is 1. The van der Waals surface area contributed by atoms with E-state index in [-0.39, 0.29) is 12.2 Å². The Morgan fingerprint density at radius 3 is 2.93 bits per heavy atom. The molecule has 4 nitrogen and oxygen atoms in total. The van der Waals surface area contributed by atoms with Crippen molar-refractivity contribution >= 4 is 21.6 Å². The van der Waals surface area contributed by atoms with Gasteiger partial charge in [0.1, 0.15) is 10.1 Å². The number of rotatable bonds is 1. The molecule has 0 aliphatic heterocycles. The molecule has 2 aromatic heterocycles. The normalized spacial score (nSPS) is 10.9. The van der Waals surface area contributed by atoms with Crippen LogP contribution < -0.4 is 5.56 Å². The number of nitrogens with zero attached hydrogens (tertiary/aromatic N) is 2. The lowest BCUT2D eigenvalue weighted by molar-refractivity contribution is 0.276. The van der Waals surface area contributed by atoms with E-state index in [1.807, 2.05) is 13.0 Å². The van der Waals surface area contributed by atoms with Crippen molar-refractivity contribution in [2.75, 3.05) is 0 Å². The summed E-state index contributed by atoms with van der Waals surface area (Å²) in [4.78, 5) is 16.0. The Morgan fingerprint density at radius 1 is 1.53 bits per heavy atom. The van der Waals surface area contributed by atoms with Crippen molar-refractivity contribution in [1.82, 2.24) is 9.38 Å². The van der Waals surface area contributed by atoms with Crippen LogP contribution in [0.3, 0.4) is 0 Å². The first-order valence-corrected chi connectivity index (χ1v) is 5.21. The average molecular weight is 269 g/mol. The maximum absolute atomic E-state index is 11.8. The van der Waals surface area contributed by atoms with E-state index < -0.39 is 0 Å². The van der Waals surface area contributed by atoms with Gasteiger partial charge in [-0.2, -0.15) is 0 Å². The second-order valence-electron chi connectivity index (χ2n) is 3.27. The summed E-state index contributed by atoms with van der Waals surface area (Å²) in [5.74, 6) is 0. The Morgan fingerprint density at radius 2 is 2.27 bits per heavy atom. The van der Waals surface area contributed by atoms with Crippen LogP contribution in [-0.4, -0.2) is 14.5 Å². The zero-order valence-corrected chi connectivity index (χ0v) is 9.65. The van der Waals surface area contributed by atoms with Gasteiger partial charge in [0.2, 0.25) is 0 Å². The van der Waals surface area contributed by atoms with E-state index in [1.54, 1.807) is 12.3 Å². The minimum atomic E-state index is -0.250. The molecule has 0 amide bonds. The maximum atomic E-state index is 11.8. The summed E-state index contributed by atoms with van der Waals surface area (Å²) >= 11 is 3.13. The van der Waals surface area contributed by atoms with Crippen molar-refractivity contribution < 1.29 is 5.11 Å². The molecule has 0 spiro atoms. The fourth-order valence-electron chi connectivity index (χ4n) is 1.37. The van der Waals surface area contributed by atoms with Crippen LogP contribution in [0.2, 0.25) is 0 Å². The number of pyridine rings is 1. The first-order chi connectivity index (χ1) is 7.13. The highest BCUT2D eigenvalue weighted by Gasteiger charge is 2.08. The molecular weight excluding hydrogens is 260 g/mol. The third-order valence-corrected chi connectivity index (χ3v) is 2.93. The SMILES string of the molecule is Cc1ccc2nc(CO)c(Br)c(=O)n2c1. The van der Waals surface area contributed by atoms with E-state index in [2.05, 4.69) is 20.9 Å². The van der Waals surface area contributed by atoms with E-state index in [4.69, 9.17) is 5.11 Å². The molecule has 0 fully saturated rings. The van der Waals surface area contributed by atoms with Gasteiger partial charge in [0, 0.05) is 6.20 Å². The third kappa shape index (κ3) is 1.68. The average Bonchev–Trinajstić information content (AvgIpc) is 2.24. The smallest absolute Gasteiger partial charge is 0.272 e. The predicted octanol–water partition coefficient (Wildman–Crippen LogP) is 1.26. The van der Waals surface area contributed by atoms with Gasteiger partial charge in [0.25, 0.3) is 5.56 Å². The van der Waals surface area contributed by atoms with Crippen LogP contribution in [0.5, 0.6) is 0 Å². The van der Waals surface area contributed by atoms with E-state index in [0.717, 1.165) is 5.56 Å². The van der Waals surface area contributed by atoms with E-state index >= 15 is 0 Å². The lowest BCUT2D eigenvalue weighted by Gasteiger charge is -2.05. The van der Waals surface area contributed by atoms with Crippen LogP contribution in [0.1, 0.15) is 11.3 Å². The molecule has 0 saturated carbocycles. The van der Waals surface area contributed by atoms with E-state index in [9.17, 15) is 4.79 Å². The molecule has 15 heavy (non-hydrogen) atoms. The van der Waals surface area contributed by atoms with Gasteiger partial charge in [0.15, 0.2) is 0 Å². The monoisotopic (exact) mass is 268 g/mol. The molecule has 0 aliphatic carbocycles. The number of aryl methyl sites for hydroxylation is 1. The number of aliphatic hydroxyl groups is 1. The second kappa shape index (κ2) is 3.75. The summed E-state index contributed by atoms with van der Waals surface area (Å²) in [5.41, 5.74) is 1.68. The van der Waals surface area contributed by atoms with Crippen LogP contribution in [0, 0.1) is 6.92 Å². The summed E-state index contributed by atoms with van der Waals surface area (Å²) in [6.45, 7) is 1.65. The first kappa shape index (κ1) is 10.3. The molecule has 1 N–H and O–H groups in total. The summed E-state index contributed by atoms with van der Waals surface area (Å²) < 4.78 is 1.77. The van der Waals surface area contributed by atoms with Gasteiger partial charge in [-0.1, -0.05) is 6.07 Å². The van der Waals surface area contributed by atoms with Gasteiger partial charge < -0.3 is 5.11 Å². The van der Waals surface area contributed by atoms with Gasteiger partial charge in [-0.15, -0.1) is 0 Å². The summed E-state index contributed by atoms with van der Waals surface area (Å²) in [5, 5.41) is 9.02. The highest BCUT2D eigenvalue weighted by Crippen LogP contribution is 2.11. The molecule has 0 aliphatic rings. The molecule has 2 aromatic rings. The molecule has 2 heterocycles. The van der Waals surface area contributed by atoms with Gasteiger partial charge in [-0.25, -0.2) is 4.98 Å². The third-order valence-electron chi connectivity index (χ3n) is 2.13. The Hall–Kier alpha value is -1.20. The number of aliphatic hydroxyl groups excluding tert-OH is 1. The number of aromatic nitrogens is 2.